The summed E-state index contributed by atoms with van der Waals surface area (Å²) < 4.78 is 19.3. The quantitative estimate of drug-likeness (QED) is 0.813. The van der Waals surface area contributed by atoms with Crippen molar-refractivity contribution in [3.05, 3.63) is 56.7 Å². The van der Waals surface area contributed by atoms with Crippen molar-refractivity contribution in [1.82, 2.24) is 0 Å². The standard InChI is InChI=1S/C14H10Br2FNO2/c1-20-13-11(15)6-8(7-12(13)16)14(19)18-10-4-2-9(17)3-5-10/h2-7H,1H3,(H,18,19). The number of benzene rings is 2. The van der Waals surface area contributed by atoms with Gasteiger partial charge in [-0.25, -0.2) is 4.39 Å². The lowest BCUT2D eigenvalue weighted by atomic mass is 10.2. The highest BCUT2D eigenvalue weighted by molar-refractivity contribution is 9.11. The fourth-order valence-corrected chi connectivity index (χ4v) is 3.13. The molecule has 3 nitrogen and oxygen atoms in total. The number of rotatable bonds is 3. The first kappa shape index (κ1) is 15.0. The van der Waals surface area contributed by atoms with Crippen LogP contribution in [0.15, 0.2) is 45.3 Å². The van der Waals surface area contributed by atoms with Gasteiger partial charge in [0.2, 0.25) is 0 Å². The molecule has 0 unspecified atom stereocenters. The zero-order valence-electron chi connectivity index (χ0n) is 10.4. The Morgan fingerprint density at radius 3 is 2.20 bits per heavy atom. The van der Waals surface area contributed by atoms with E-state index >= 15 is 0 Å². The van der Waals surface area contributed by atoms with E-state index in [1.165, 1.54) is 24.3 Å². The second-order valence-electron chi connectivity index (χ2n) is 3.93. The normalized spacial score (nSPS) is 10.2. The largest absolute Gasteiger partial charge is 0.494 e. The first-order valence-electron chi connectivity index (χ1n) is 5.61. The molecular formula is C14H10Br2FNO2. The number of methoxy groups -OCH3 is 1. The molecule has 6 heteroatoms. The second kappa shape index (κ2) is 6.37. The minimum absolute atomic E-state index is 0.291. The third kappa shape index (κ3) is 3.37. The van der Waals surface area contributed by atoms with Gasteiger partial charge in [0.05, 0.1) is 16.1 Å². The first-order chi connectivity index (χ1) is 9.51. The zero-order valence-corrected chi connectivity index (χ0v) is 13.6. The molecule has 0 saturated heterocycles. The Hall–Kier alpha value is -1.40. The summed E-state index contributed by atoms with van der Waals surface area (Å²) in [4.78, 5) is 12.1. The maximum absolute atomic E-state index is 12.8. The number of nitrogens with one attached hydrogen (secondary N) is 1. The van der Waals surface area contributed by atoms with E-state index in [9.17, 15) is 9.18 Å². The number of halogens is 3. The maximum atomic E-state index is 12.8. The number of anilines is 1. The van der Waals surface area contributed by atoms with Crippen LogP contribution in [0.3, 0.4) is 0 Å². The molecule has 0 fully saturated rings. The lowest BCUT2D eigenvalue weighted by molar-refractivity contribution is 0.102. The molecule has 0 spiro atoms. The third-order valence-electron chi connectivity index (χ3n) is 2.57. The van der Waals surface area contributed by atoms with Gasteiger partial charge in [0, 0.05) is 11.3 Å². The highest BCUT2D eigenvalue weighted by Gasteiger charge is 2.13. The number of hydrogen-bond donors (Lipinski definition) is 1. The van der Waals surface area contributed by atoms with Gasteiger partial charge in [-0.05, 0) is 68.3 Å². The number of hydrogen-bond acceptors (Lipinski definition) is 2. The van der Waals surface area contributed by atoms with Crippen molar-refractivity contribution in [1.29, 1.82) is 0 Å². The van der Waals surface area contributed by atoms with E-state index in [2.05, 4.69) is 37.2 Å². The van der Waals surface area contributed by atoms with Crippen molar-refractivity contribution in [2.45, 2.75) is 0 Å². The lowest BCUT2D eigenvalue weighted by Gasteiger charge is -2.10. The average molecular weight is 403 g/mol. The van der Waals surface area contributed by atoms with E-state index in [1.807, 2.05) is 0 Å². The van der Waals surface area contributed by atoms with Crippen LogP contribution >= 0.6 is 31.9 Å². The zero-order chi connectivity index (χ0) is 14.7. The van der Waals surface area contributed by atoms with E-state index in [-0.39, 0.29) is 11.7 Å². The highest BCUT2D eigenvalue weighted by atomic mass is 79.9. The SMILES string of the molecule is COc1c(Br)cc(C(=O)Nc2ccc(F)cc2)cc1Br. The molecule has 2 aromatic rings. The summed E-state index contributed by atoms with van der Waals surface area (Å²) in [5, 5.41) is 2.69. The maximum Gasteiger partial charge on any atom is 0.255 e. The smallest absolute Gasteiger partial charge is 0.255 e. The van der Waals surface area contributed by atoms with Gasteiger partial charge in [0.1, 0.15) is 11.6 Å². The molecule has 0 bridgehead atoms. The summed E-state index contributed by atoms with van der Waals surface area (Å²) in [5.74, 6) is -0.0260. The van der Waals surface area contributed by atoms with Crippen LogP contribution in [0.2, 0.25) is 0 Å². The molecule has 0 atom stereocenters. The van der Waals surface area contributed by atoms with E-state index in [0.29, 0.717) is 25.9 Å². The molecule has 1 amide bonds. The van der Waals surface area contributed by atoms with Crippen LogP contribution in [0.4, 0.5) is 10.1 Å². The summed E-state index contributed by atoms with van der Waals surface area (Å²) in [6, 6.07) is 8.89. The molecule has 1 N–H and O–H groups in total. The Labute approximate surface area is 132 Å². The van der Waals surface area contributed by atoms with Gasteiger partial charge >= 0.3 is 0 Å². The Morgan fingerprint density at radius 1 is 1.15 bits per heavy atom. The Kier molecular flexibility index (Phi) is 4.77. The van der Waals surface area contributed by atoms with Crippen molar-refractivity contribution in [3.8, 4) is 5.75 Å². The number of carbonyl (C=O) groups is 1. The first-order valence-corrected chi connectivity index (χ1v) is 7.20. The van der Waals surface area contributed by atoms with Gasteiger partial charge in [-0.3, -0.25) is 4.79 Å². The third-order valence-corrected chi connectivity index (χ3v) is 3.74. The van der Waals surface area contributed by atoms with Crippen LogP contribution in [-0.2, 0) is 0 Å². The molecule has 0 aliphatic rings. The molecule has 0 radical (unpaired) electrons. The second-order valence-corrected chi connectivity index (χ2v) is 5.64. The van der Waals surface area contributed by atoms with Crippen LogP contribution < -0.4 is 10.1 Å². The minimum atomic E-state index is -0.349. The van der Waals surface area contributed by atoms with E-state index in [1.54, 1.807) is 19.2 Å². The summed E-state index contributed by atoms with van der Waals surface area (Å²) in [6.07, 6.45) is 0. The predicted octanol–water partition coefficient (Wildman–Crippen LogP) is 4.61. The molecular weight excluding hydrogens is 393 g/mol. The summed E-state index contributed by atoms with van der Waals surface area (Å²) in [6.45, 7) is 0. The van der Waals surface area contributed by atoms with Crippen LogP contribution in [0.5, 0.6) is 5.75 Å². The van der Waals surface area contributed by atoms with Crippen molar-refractivity contribution in [2.75, 3.05) is 12.4 Å². The molecule has 0 aliphatic carbocycles. The monoisotopic (exact) mass is 401 g/mol. The number of ether oxygens (including phenoxy) is 1. The van der Waals surface area contributed by atoms with Gasteiger partial charge in [-0.2, -0.15) is 0 Å². The molecule has 0 aliphatic heterocycles. The minimum Gasteiger partial charge on any atom is -0.494 e. The molecule has 0 saturated carbocycles. The molecule has 20 heavy (non-hydrogen) atoms. The average Bonchev–Trinajstić information content (AvgIpc) is 2.41. The van der Waals surface area contributed by atoms with Crippen LogP contribution in [0.25, 0.3) is 0 Å². The predicted molar refractivity (Wildman–Crippen MR) is 82.7 cm³/mol. The van der Waals surface area contributed by atoms with Gasteiger partial charge < -0.3 is 10.1 Å². The number of amides is 1. The van der Waals surface area contributed by atoms with Gasteiger partial charge in [0.15, 0.2) is 0 Å². The molecule has 104 valence electrons. The van der Waals surface area contributed by atoms with Gasteiger partial charge in [0.25, 0.3) is 5.91 Å². The lowest BCUT2D eigenvalue weighted by Crippen LogP contribution is -2.12. The van der Waals surface area contributed by atoms with Crippen LogP contribution in [0.1, 0.15) is 10.4 Å². The molecule has 0 aromatic heterocycles. The fraction of sp³-hybridized carbons (Fsp3) is 0.0714. The van der Waals surface area contributed by atoms with Crippen LogP contribution in [-0.4, -0.2) is 13.0 Å². The van der Waals surface area contributed by atoms with E-state index < -0.39 is 0 Å². The summed E-state index contributed by atoms with van der Waals surface area (Å²) in [5.41, 5.74) is 0.980. The molecule has 2 rings (SSSR count). The highest BCUT2D eigenvalue weighted by Crippen LogP contribution is 2.34. The van der Waals surface area contributed by atoms with Crippen molar-refractivity contribution in [3.63, 3.8) is 0 Å². The van der Waals surface area contributed by atoms with Gasteiger partial charge in [-0.1, -0.05) is 0 Å². The van der Waals surface area contributed by atoms with Crippen molar-refractivity contribution < 1.29 is 13.9 Å². The topological polar surface area (TPSA) is 38.3 Å². The van der Waals surface area contributed by atoms with E-state index in [0.717, 1.165) is 0 Å². The Morgan fingerprint density at radius 2 is 1.70 bits per heavy atom. The number of carbonyl (C=O) groups excluding carboxylic acids is 1. The van der Waals surface area contributed by atoms with Crippen molar-refractivity contribution >= 4 is 43.5 Å². The summed E-state index contributed by atoms with van der Waals surface area (Å²) in [7, 11) is 1.54. The fourth-order valence-electron chi connectivity index (χ4n) is 1.62. The summed E-state index contributed by atoms with van der Waals surface area (Å²) >= 11 is 6.67. The van der Waals surface area contributed by atoms with E-state index in [4.69, 9.17) is 4.74 Å². The van der Waals surface area contributed by atoms with Crippen LogP contribution in [0, 0.1) is 5.82 Å². The molecule has 0 heterocycles. The molecule has 2 aromatic carbocycles. The Balaban J connectivity index is 2.23. The van der Waals surface area contributed by atoms with Crippen molar-refractivity contribution in [2.24, 2.45) is 0 Å². The Bertz CT molecular complexity index is 621. The van der Waals surface area contributed by atoms with Gasteiger partial charge in [-0.15, -0.1) is 0 Å².